The van der Waals surface area contributed by atoms with Gasteiger partial charge in [0.2, 0.25) is 0 Å². The van der Waals surface area contributed by atoms with Gasteiger partial charge in [0.05, 0.1) is 12.3 Å². The van der Waals surface area contributed by atoms with Crippen molar-refractivity contribution in [1.82, 2.24) is 10.2 Å². The number of urea groups is 1. The van der Waals surface area contributed by atoms with E-state index < -0.39 is 0 Å². The van der Waals surface area contributed by atoms with Crippen molar-refractivity contribution in [3.63, 3.8) is 0 Å². The molecule has 0 saturated heterocycles. The number of nitrogens with zero attached hydrogens (tertiary/aromatic N) is 2. The molecule has 1 aromatic carbocycles. The molecule has 1 heterocycles. The summed E-state index contributed by atoms with van der Waals surface area (Å²) >= 11 is 0. The molecule has 0 bridgehead atoms. The van der Waals surface area contributed by atoms with E-state index in [2.05, 4.69) is 17.1 Å². The first-order chi connectivity index (χ1) is 11.3. The van der Waals surface area contributed by atoms with E-state index in [1.54, 1.807) is 23.1 Å². The van der Waals surface area contributed by atoms with Crippen LogP contribution in [0.5, 0.6) is 0 Å². The van der Waals surface area contributed by atoms with Crippen molar-refractivity contribution in [3.8, 4) is 0 Å². The average Bonchev–Trinajstić information content (AvgIpc) is 2.93. The van der Waals surface area contributed by atoms with Crippen LogP contribution in [0.3, 0.4) is 0 Å². The molecule has 1 aliphatic heterocycles. The molecule has 5 nitrogen and oxygen atoms in total. The van der Waals surface area contributed by atoms with Gasteiger partial charge < -0.3 is 15.1 Å². The van der Waals surface area contributed by atoms with Crippen molar-refractivity contribution < 1.29 is 14.0 Å². The van der Waals surface area contributed by atoms with Crippen LogP contribution in [0.2, 0.25) is 0 Å². The lowest BCUT2D eigenvalue weighted by atomic mass is 10.0. The van der Waals surface area contributed by atoms with Crippen molar-refractivity contribution >= 4 is 11.7 Å². The fraction of sp³-hybridized carbons (Fsp3) is 0.444. The van der Waals surface area contributed by atoms with Crippen LogP contribution in [0.1, 0.15) is 32.8 Å². The lowest BCUT2D eigenvalue weighted by Crippen LogP contribution is -2.50. The Bertz CT molecular complexity index is 637. The lowest BCUT2D eigenvalue weighted by Gasteiger charge is -2.28. The van der Waals surface area contributed by atoms with Crippen molar-refractivity contribution in [2.45, 2.75) is 38.8 Å². The zero-order chi connectivity index (χ0) is 17.7. The minimum atomic E-state index is -0.323. The molecule has 0 spiro atoms. The summed E-state index contributed by atoms with van der Waals surface area (Å²) in [6.45, 7) is 10.3. The topological polar surface area (TPSA) is 53.9 Å². The molecule has 1 aromatic rings. The van der Waals surface area contributed by atoms with Gasteiger partial charge in [0.25, 0.3) is 0 Å². The molecule has 1 aliphatic rings. The van der Waals surface area contributed by atoms with Crippen LogP contribution in [0, 0.1) is 5.82 Å². The van der Waals surface area contributed by atoms with Gasteiger partial charge in [-0.05, 0) is 32.9 Å². The van der Waals surface area contributed by atoms with E-state index in [0.717, 1.165) is 0 Å². The number of hydrogen-bond donors (Lipinski definition) is 1. The zero-order valence-electron chi connectivity index (χ0n) is 14.4. The predicted octanol–water partition coefficient (Wildman–Crippen LogP) is 3.31. The largest absolute Gasteiger partial charge is 0.390 e. The number of benzene rings is 1. The number of carbonyl (C=O) groups is 1. The maximum atomic E-state index is 13.3. The van der Waals surface area contributed by atoms with Crippen LogP contribution in [0.4, 0.5) is 9.18 Å². The van der Waals surface area contributed by atoms with Crippen molar-refractivity contribution in [1.29, 1.82) is 0 Å². The summed E-state index contributed by atoms with van der Waals surface area (Å²) in [5, 5.41) is 6.97. The third-order valence-corrected chi connectivity index (χ3v) is 3.43. The second kappa shape index (κ2) is 7.47. The summed E-state index contributed by atoms with van der Waals surface area (Å²) in [5.41, 5.74) is 1.07. The Kier molecular flexibility index (Phi) is 5.59. The first-order valence-corrected chi connectivity index (χ1v) is 7.95. The van der Waals surface area contributed by atoms with Crippen LogP contribution in [-0.4, -0.2) is 41.4 Å². The van der Waals surface area contributed by atoms with Gasteiger partial charge in [-0.15, -0.1) is 6.58 Å². The third kappa shape index (κ3) is 5.08. The van der Waals surface area contributed by atoms with Gasteiger partial charge in [0.15, 0.2) is 6.10 Å². The molecular formula is C18H24FN3O2. The summed E-state index contributed by atoms with van der Waals surface area (Å²) in [4.78, 5) is 19.4. The summed E-state index contributed by atoms with van der Waals surface area (Å²) < 4.78 is 13.3. The van der Waals surface area contributed by atoms with E-state index >= 15 is 0 Å². The number of nitrogens with one attached hydrogen (secondary N) is 1. The maximum absolute atomic E-state index is 13.3. The fourth-order valence-electron chi connectivity index (χ4n) is 2.41. The van der Waals surface area contributed by atoms with Crippen LogP contribution < -0.4 is 5.32 Å². The van der Waals surface area contributed by atoms with Crippen molar-refractivity contribution in [2.75, 3.05) is 13.1 Å². The second-order valence-electron chi connectivity index (χ2n) is 6.85. The minimum absolute atomic E-state index is 0.176. The normalized spacial score (nSPS) is 17.0. The second-order valence-corrected chi connectivity index (χ2v) is 6.85. The maximum Gasteiger partial charge on any atom is 0.318 e. The Labute approximate surface area is 142 Å². The minimum Gasteiger partial charge on any atom is -0.390 e. The highest BCUT2D eigenvalue weighted by Crippen LogP contribution is 2.18. The van der Waals surface area contributed by atoms with Crippen LogP contribution >= 0.6 is 0 Å². The summed E-state index contributed by atoms with van der Waals surface area (Å²) in [7, 11) is 0. The molecule has 1 N–H and O–H groups in total. The Balaban J connectivity index is 1.97. The molecule has 0 radical (unpaired) electrons. The number of oxime groups is 1. The Morgan fingerprint density at radius 1 is 1.54 bits per heavy atom. The number of carbonyl (C=O) groups excluding carboxylic acids is 1. The Morgan fingerprint density at radius 2 is 2.29 bits per heavy atom. The number of halogens is 1. The van der Waals surface area contributed by atoms with E-state index in [-0.39, 0.29) is 23.5 Å². The smallest absolute Gasteiger partial charge is 0.318 e. The van der Waals surface area contributed by atoms with E-state index in [1.807, 2.05) is 20.8 Å². The summed E-state index contributed by atoms with van der Waals surface area (Å²) in [5.74, 6) is -0.309. The van der Waals surface area contributed by atoms with Gasteiger partial charge in [-0.25, -0.2) is 9.18 Å². The van der Waals surface area contributed by atoms with Gasteiger partial charge in [-0.3, -0.25) is 0 Å². The number of hydrogen-bond acceptors (Lipinski definition) is 3. The van der Waals surface area contributed by atoms with Crippen LogP contribution in [0.25, 0.3) is 0 Å². The van der Waals surface area contributed by atoms with E-state index in [1.165, 1.54) is 12.1 Å². The average molecular weight is 333 g/mol. The lowest BCUT2D eigenvalue weighted by molar-refractivity contribution is 0.0621. The third-order valence-electron chi connectivity index (χ3n) is 3.43. The van der Waals surface area contributed by atoms with Gasteiger partial charge in [0, 0.05) is 24.1 Å². The van der Waals surface area contributed by atoms with Crippen LogP contribution in [0.15, 0.2) is 42.1 Å². The van der Waals surface area contributed by atoms with Crippen molar-refractivity contribution in [3.05, 3.63) is 48.3 Å². The molecule has 2 amide bonds. The van der Waals surface area contributed by atoms with Gasteiger partial charge in [0.1, 0.15) is 5.82 Å². The standard InChI is InChI=1S/C18H24FN3O2/c1-5-9-22(17(23)20-18(2,3)4)12-15-11-16(21-24-15)13-7-6-8-14(19)10-13/h5-8,10,15H,1,9,11-12H2,2-4H3,(H,20,23). The van der Waals surface area contributed by atoms with Crippen molar-refractivity contribution in [2.24, 2.45) is 5.16 Å². The van der Waals surface area contributed by atoms with E-state index in [9.17, 15) is 9.18 Å². The van der Waals surface area contributed by atoms with Crippen LogP contribution in [-0.2, 0) is 4.84 Å². The molecule has 0 aliphatic carbocycles. The molecule has 0 fully saturated rings. The van der Waals surface area contributed by atoms with Gasteiger partial charge in [-0.2, -0.15) is 0 Å². The first-order valence-electron chi connectivity index (χ1n) is 7.95. The van der Waals surface area contributed by atoms with E-state index in [4.69, 9.17) is 4.84 Å². The molecule has 0 aromatic heterocycles. The molecule has 130 valence electrons. The molecule has 2 rings (SSSR count). The predicted molar refractivity (Wildman–Crippen MR) is 92.5 cm³/mol. The monoisotopic (exact) mass is 333 g/mol. The highest BCUT2D eigenvalue weighted by Gasteiger charge is 2.27. The van der Waals surface area contributed by atoms with Gasteiger partial charge in [-0.1, -0.05) is 23.4 Å². The number of amides is 2. The Hall–Kier alpha value is -2.37. The molecule has 0 saturated carbocycles. The molecule has 6 heteroatoms. The SMILES string of the molecule is C=CCN(CC1CC(c2cccc(F)c2)=NO1)C(=O)NC(C)(C)C. The highest BCUT2D eigenvalue weighted by atomic mass is 19.1. The number of rotatable bonds is 5. The summed E-state index contributed by atoms with van der Waals surface area (Å²) in [6.07, 6.45) is 1.94. The molecule has 24 heavy (non-hydrogen) atoms. The molecule has 1 unspecified atom stereocenters. The Morgan fingerprint density at radius 3 is 2.92 bits per heavy atom. The molecule has 1 atom stereocenters. The fourth-order valence-corrected chi connectivity index (χ4v) is 2.41. The zero-order valence-corrected chi connectivity index (χ0v) is 14.4. The van der Waals surface area contributed by atoms with Gasteiger partial charge >= 0.3 is 6.03 Å². The summed E-state index contributed by atoms with van der Waals surface area (Å²) in [6, 6.07) is 6.08. The first kappa shape index (κ1) is 18.0. The van der Waals surface area contributed by atoms with E-state index in [0.29, 0.717) is 30.8 Å². The highest BCUT2D eigenvalue weighted by molar-refractivity contribution is 6.01. The molecular weight excluding hydrogens is 309 g/mol. The quantitative estimate of drug-likeness (QED) is 0.841.